The van der Waals surface area contributed by atoms with Crippen LogP contribution in [-0.2, 0) is 20.7 Å². The SMILES string of the molecule is CC(NC(=O)COC(=O)COc1ccccc1Cc1ccccc1)C1CC2CCC1C2. The van der Waals surface area contributed by atoms with Crippen LogP contribution in [-0.4, -0.2) is 31.1 Å². The van der Waals surface area contributed by atoms with Gasteiger partial charge in [0.1, 0.15) is 5.75 Å². The first-order chi connectivity index (χ1) is 15.1. The Bertz CT molecular complexity index is 897. The number of rotatable bonds is 9. The zero-order chi connectivity index (χ0) is 21.6. The van der Waals surface area contributed by atoms with Crippen molar-refractivity contribution in [3.8, 4) is 5.75 Å². The van der Waals surface area contributed by atoms with Crippen molar-refractivity contribution < 1.29 is 19.1 Å². The lowest BCUT2D eigenvalue weighted by Gasteiger charge is -2.28. The number of para-hydroxylation sites is 1. The monoisotopic (exact) mass is 421 g/mol. The Morgan fingerprint density at radius 3 is 2.52 bits per heavy atom. The number of hydrogen-bond donors (Lipinski definition) is 1. The molecule has 31 heavy (non-hydrogen) atoms. The van der Waals surface area contributed by atoms with E-state index in [2.05, 4.69) is 24.4 Å². The second-order valence-corrected chi connectivity index (χ2v) is 8.91. The third-order valence-electron chi connectivity index (χ3n) is 6.74. The van der Waals surface area contributed by atoms with Crippen LogP contribution in [0.3, 0.4) is 0 Å². The molecule has 2 aromatic carbocycles. The molecule has 1 N–H and O–H groups in total. The van der Waals surface area contributed by atoms with Crippen molar-refractivity contribution in [3.63, 3.8) is 0 Å². The van der Waals surface area contributed by atoms with Crippen molar-refractivity contribution in [1.29, 1.82) is 0 Å². The van der Waals surface area contributed by atoms with E-state index in [1.54, 1.807) is 0 Å². The fourth-order valence-corrected chi connectivity index (χ4v) is 5.24. The third kappa shape index (κ3) is 5.66. The largest absolute Gasteiger partial charge is 0.482 e. The normalized spacial score (nSPS) is 22.7. The van der Waals surface area contributed by atoms with Crippen molar-refractivity contribution in [2.75, 3.05) is 13.2 Å². The lowest BCUT2D eigenvalue weighted by atomic mass is 9.84. The molecule has 0 saturated heterocycles. The van der Waals surface area contributed by atoms with E-state index in [1.165, 1.54) is 31.2 Å². The molecular formula is C26H31NO4. The number of esters is 1. The molecule has 2 saturated carbocycles. The molecule has 4 unspecified atom stereocenters. The fourth-order valence-electron chi connectivity index (χ4n) is 5.24. The highest BCUT2D eigenvalue weighted by Crippen LogP contribution is 2.49. The van der Waals surface area contributed by atoms with Crippen molar-refractivity contribution in [3.05, 3.63) is 65.7 Å². The summed E-state index contributed by atoms with van der Waals surface area (Å²) in [7, 11) is 0. The van der Waals surface area contributed by atoms with E-state index in [1.807, 2.05) is 42.5 Å². The topological polar surface area (TPSA) is 64.6 Å². The minimum atomic E-state index is -0.544. The molecule has 0 aliphatic heterocycles. The van der Waals surface area contributed by atoms with Crippen LogP contribution in [0.2, 0.25) is 0 Å². The summed E-state index contributed by atoms with van der Waals surface area (Å²) in [6.45, 7) is 1.58. The van der Waals surface area contributed by atoms with Crippen LogP contribution in [0.5, 0.6) is 5.75 Å². The number of fused-ring (bicyclic) bond motifs is 2. The number of nitrogens with one attached hydrogen (secondary N) is 1. The first kappa shape index (κ1) is 21.4. The average molecular weight is 422 g/mol. The molecule has 0 spiro atoms. The van der Waals surface area contributed by atoms with Gasteiger partial charge in [0, 0.05) is 12.5 Å². The third-order valence-corrected chi connectivity index (χ3v) is 6.74. The van der Waals surface area contributed by atoms with Gasteiger partial charge in [0.25, 0.3) is 5.91 Å². The van der Waals surface area contributed by atoms with Crippen molar-refractivity contribution in [2.45, 2.75) is 45.1 Å². The van der Waals surface area contributed by atoms with Gasteiger partial charge in [-0.15, -0.1) is 0 Å². The van der Waals surface area contributed by atoms with E-state index in [0.29, 0.717) is 11.7 Å². The predicted molar refractivity (Wildman–Crippen MR) is 119 cm³/mol. The van der Waals surface area contributed by atoms with Gasteiger partial charge in [0.15, 0.2) is 13.2 Å². The molecule has 164 valence electrons. The van der Waals surface area contributed by atoms with Gasteiger partial charge in [0.05, 0.1) is 0 Å². The van der Waals surface area contributed by atoms with Gasteiger partial charge in [-0.1, -0.05) is 55.0 Å². The summed E-state index contributed by atoms with van der Waals surface area (Å²) in [5, 5.41) is 3.02. The van der Waals surface area contributed by atoms with Crippen LogP contribution in [0.25, 0.3) is 0 Å². The molecule has 0 aromatic heterocycles. The van der Waals surface area contributed by atoms with Crippen LogP contribution >= 0.6 is 0 Å². The summed E-state index contributed by atoms with van der Waals surface area (Å²) in [4.78, 5) is 24.3. The zero-order valence-corrected chi connectivity index (χ0v) is 18.1. The molecule has 0 radical (unpaired) electrons. The van der Waals surface area contributed by atoms with E-state index >= 15 is 0 Å². The molecule has 2 fully saturated rings. The van der Waals surface area contributed by atoms with Gasteiger partial charge >= 0.3 is 5.97 Å². The van der Waals surface area contributed by atoms with E-state index in [-0.39, 0.29) is 25.2 Å². The molecule has 1 amide bonds. The number of ether oxygens (including phenoxy) is 2. The quantitative estimate of drug-likeness (QED) is 0.618. The van der Waals surface area contributed by atoms with Gasteiger partial charge in [0.2, 0.25) is 0 Å². The van der Waals surface area contributed by atoms with Crippen LogP contribution in [0.4, 0.5) is 0 Å². The summed E-state index contributed by atoms with van der Waals surface area (Å²) in [6, 6.07) is 17.9. The fraction of sp³-hybridized carbons (Fsp3) is 0.462. The first-order valence-corrected chi connectivity index (χ1v) is 11.3. The number of benzene rings is 2. The summed E-state index contributed by atoms with van der Waals surface area (Å²) in [5.41, 5.74) is 2.17. The van der Waals surface area contributed by atoms with Crippen LogP contribution in [0.1, 0.15) is 43.7 Å². The van der Waals surface area contributed by atoms with Gasteiger partial charge < -0.3 is 14.8 Å². The minimum absolute atomic E-state index is 0.127. The molecular weight excluding hydrogens is 390 g/mol. The smallest absolute Gasteiger partial charge is 0.344 e. The second kappa shape index (κ2) is 9.99. The predicted octanol–water partition coefficient (Wildman–Crippen LogP) is 4.14. The van der Waals surface area contributed by atoms with Crippen molar-refractivity contribution >= 4 is 11.9 Å². The molecule has 2 aliphatic carbocycles. The molecule has 4 rings (SSSR count). The van der Waals surface area contributed by atoms with E-state index in [4.69, 9.17) is 9.47 Å². The Morgan fingerprint density at radius 1 is 1.00 bits per heavy atom. The number of hydrogen-bond acceptors (Lipinski definition) is 4. The molecule has 5 nitrogen and oxygen atoms in total. The maximum Gasteiger partial charge on any atom is 0.344 e. The summed E-state index contributed by atoms with van der Waals surface area (Å²) >= 11 is 0. The Hall–Kier alpha value is -2.82. The molecule has 0 heterocycles. The lowest BCUT2D eigenvalue weighted by molar-refractivity contribution is -0.150. The molecule has 5 heteroatoms. The summed E-state index contributed by atoms with van der Waals surface area (Å²) < 4.78 is 10.8. The number of carbonyl (C=O) groups is 2. The minimum Gasteiger partial charge on any atom is -0.482 e. The zero-order valence-electron chi connectivity index (χ0n) is 18.1. The van der Waals surface area contributed by atoms with Crippen LogP contribution in [0, 0.1) is 17.8 Å². The van der Waals surface area contributed by atoms with Gasteiger partial charge in [-0.2, -0.15) is 0 Å². The molecule has 2 bridgehead atoms. The van der Waals surface area contributed by atoms with Gasteiger partial charge in [-0.25, -0.2) is 4.79 Å². The maximum atomic E-state index is 12.2. The van der Waals surface area contributed by atoms with E-state index in [0.717, 1.165) is 23.8 Å². The number of carbonyl (C=O) groups excluding carboxylic acids is 2. The maximum absolute atomic E-state index is 12.2. The van der Waals surface area contributed by atoms with Crippen LogP contribution < -0.4 is 10.1 Å². The summed E-state index contributed by atoms with van der Waals surface area (Å²) in [6.07, 6.45) is 5.86. The Morgan fingerprint density at radius 2 is 1.77 bits per heavy atom. The van der Waals surface area contributed by atoms with Gasteiger partial charge in [-0.3, -0.25) is 4.79 Å². The van der Waals surface area contributed by atoms with E-state index < -0.39 is 5.97 Å². The molecule has 2 aliphatic rings. The van der Waals surface area contributed by atoms with Gasteiger partial charge in [-0.05, 0) is 61.1 Å². The van der Waals surface area contributed by atoms with Crippen LogP contribution in [0.15, 0.2) is 54.6 Å². The molecule has 4 atom stereocenters. The second-order valence-electron chi connectivity index (χ2n) is 8.91. The summed E-state index contributed by atoms with van der Waals surface area (Å²) in [5.74, 6) is 2.01. The Kier molecular flexibility index (Phi) is 6.90. The average Bonchev–Trinajstić information content (AvgIpc) is 3.42. The highest BCUT2D eigenvalue weighted by Gasteiger charge is 2.42. The van der Waals surface area contributed by atoms with Crippen molar-refractivity contribution in [2.24, 2.45) is 17.8 Å². The highest BCUT2D eigenvalue weighted by molar-refractivity contribution is 5.81. The number of amides is 1. The van der Waals surface area contributed by atoms with Crippen molar-refractivity contribution in [1.82, 2.24) is 5.32 Å². The van der Waals surface area contributed by atoms with E-state index in [9.17, 15) is 9.59 Å². The first-order valence-electron chi connectivity index (χ1n) is 11.3. The highest BCUT2D eigenvalue weighted by atomic mass is 16.6. The Labute approximate surface area is 184 Å². The lowest BCUT2D eigenvalue weighted by Crippen LogP contribution is -2.42. The molecule has 2 aromatic rings. The Balaban J connectivity index is 1.20. The standard InChI is InChI=1S/C26H31NO4/c1-18(23-15-20-11-12-21(23)14-20)27-25(28)16-31-26(29)17-30-24-10-6-5-9-22(24)13-19-7-3-2-4-8-19/h2-10,18,20-21,23H,11-17H2,1H3,(H,27,28).